The molecule has 2 aliphatic rings. The van der Waals surface area contributed by atoms with Crippen molar-refractivity contribution in [1.29, 1.82) is 0 Å². The van der Waals surface area contributed by atoms with E-state index in [0.717, 1.165) is 43.5 Å². The Morgan fingerprint density at radius 2 is 1.80 bits per heavy atom. The molecule has 0 unspecified atom stereocenters. The summed E-state index contributed by atoms with van der Waals surface area (Å²) in [7, 11) is 1.43. The van der Waals surface area contributed by atoms with E-state index < -0.39 is 66.2 Å². The number of hydrogen-bond donors (Lipinski definition) is 3. The largest absolute Gasteiger partial charge is 0.444 e. The van der Waals surface area contributed by atoms with Gasteiger partial charge in [0.1, 0.15) is 41.4 Å². The maximum Gasteiger partial charge on any atom is 0.407 e. The molecule has 246 valence electrons. The van der Waals surface area contributed by atoms with Crippen LogP contribution in [0, 0.1) is 17.5 Å². The highest BCUT2D eigenvalue weighted by Crippen LogP contribution is 2.36. The Balaban J connectivity index is 1.27. The monoisotopic (exact) mass is 637 g/mol. The van der Waals surface area contributed by atoms with Crippen LogP contribution in [0.15, 0.2) is 28.9 Å². The zero-order chi connectivity index (χ0) is 32.5. The lowest BCUT2D eigenvalue weighted by Crippen LogP contribution is -2.57. The normalized spacial score (nSPS) is 27.4. The van der Waals surface area contributed by atoms with Crippen LogP contribution in [0.2, 0.25) is 0 Å². The number of benzene rings is 1. The van der Waals surface area contributed by atoms with Crippen molar-refractivity contribution in [3.05, 3.63) is 53.3 Å². The third kappa shape index (κ3) is 7.48. The molecule has 5 rings (SSSR count). The number of ether oxygens (including phenoxy) is 3. The molecule has 1 aromatic carbocycles. The van der Waals surface area contributed by atoms with E-state index in [-0.39, 0.29) is 29.6 Å². The standard InChI is InChI=1S/C30H38F3N5O7/c1-30(2,3)44-29(41)34-17-7-5-15(6-8-17)21-11-18(45-36-21)12-23-28(42-4)26(27(40)24(14-39)43-23)38-13-22(35-37-38)16-9-19(31)25(33)20(32)10-16/h9-11,13,15,17,23-24,26-28,39-40H,5-8,12,14H2,1-4H3,(H,34,41)/t15?,17?,23-,24-,26+,27+,28+/m1/s1. The molecule has 5 atom stereocenters. The molecule has 3 heterocycles. The summed E-state index contributed by atoms with van der Waals surface area (Å²) in [5.74, 6) is -3.71. The summed E-state index contributed by atoms with van der Waals surface area (Å²) in [4.78, 5) is 12.1. The van der Waals surface area contributed by atoms with E-state index in [1.165, 1.54) is 18.0 Å². The van der Waals surface area contributed by atoms with Crippen LogP contribution in [-0.2, 0) is 20.6 Å². The number of halogens is 3. The molecule has 1 saturated heterocycles. The second-order valence-corrected chi connectivity index (χ2v) is 12.5. The van der Waals surface area contributed by atoms with E-state index in [2.05, 4.69) is 20.8 Å². The van der Waals surface area contributed by atoms with Gasteiger partial charge < -0.3 is 34.3 Å². The van der Waals surface area contributed by atoms with Crippen LogP contribution in [0.4, 0.5) is 18.0 Å². The van der Waals surface area contributed by atoms with E-state index in [0.29, 0.717) is 5.76 Å². The van der Waals surface area contributed by atoms with E-state index in [9.17, 15) is 28.2 Å². The van der Waals surface area contributed by atoms with E-state index in [1.54, 1.807) is 0 Å². The molecular formula is C30H38F3N5O7. The first kappa shape index (κ1) is 32.9. The van der Waals surface area contributed by atoms with Gasteiger partial charge in [0.25, 0.3) is 0 Å². The maximum atomic E-state index is 13.8. The van der Waals surface area contributed by atoms with Crippen molar-refractivity contribution < 1.29 is 46.9 Å². The third-order valence-electron chi connectivity index (χ3n) is 8.18. The number of alkyl carbamates (subject to hydrolysis) is 1. The van der Waals surface area contributed by atoms with Crippen LogP contribution in [-0.4, -0.2) is 86.2 Å². The summed E-state index contributed by atoms with van der Waals surface area (Å²) in [6, 6.07) is 2.54. The summed E-state index contributed by atoms with van der Waals surface area (Å²) in [6.45, 7) is 4.94. The fourth-order valence-corrected chi connectivity index (χ4v) is 6.01. The van der Waals surface area contributed by atoms with Crippen molar-refractivity contribution in [1.82, 2.24) is 25.5 Å². The van der Waals surface area contributed by atoms with Crippen molar-refractivity contribution in [2.24, 2.45) is 0 Å². The lowest BCUT2D eigenvalue weighted by Gasteiger charge is -2.43. The molecule has 1 saturated carbocycles. The molecule has 0 bridgehead atoms. The molecule has 0 spiro atoms. The number of aliphatic hydroxyl groups is 2. The molecule has 3 N–H and O–H groups in total. The minimum atomic E-state index is -1.60. The van der Waals surface area contributed by atoms with E-state index in [1.807, 2.05) is 26.8 Å². The Bertz CT molecular complexity index is 1450. The summed E-state index contributed by atoms with van der Waals surface area (Å²) < 4.78 is 65.2. The molecule has 3 aromatic rings. The Morgan fingerprint density at radius 3 is 2.42 bits per heavy atom. The van der Waals surface area contributed by atoms with Gasteiger partial charge in [-0.2, -0.15) is 0 Å². The second kappa shape index (κ2) is 13.4. The number of methoxy groups -OCH3 is 1. The first-order valence-corrected chi connectivity index (χ1v) is 14.9. The highest BCUT2D eigenvalue weighted by atomic mass is 19.2. The van der Waals surface area contributed by atoms with Crippen LogP contribution in [0.5, 0.6) is 0 Å². The molecule has 1 amide bonds. The topological polar surface area (TPSA) is 154 Å². The zero-order valence-corrected chi connectivity index (χ0v) is 25.5. The smallest absolute Gasteiger partial charge is 0.407 e. The number of nitrogens with one attached hydrogen (secondary N) is 1. The van der Waals surface area contributed by atoms with Gasteiger partial charge in [0, 0.05) is 37.1 Å². The lowest BCUT2D eigenvalue weighted by atomic mass is 9.84. The van der Waals surface area contributed by atoms with Gasteiger partial charge >= 0.3 is 6.09 Å². The number of aromatic nitrogens is 4. The number of amides is 1. The van der Waals surface area contributed by atoms with Crippen molar-refractivity contribution in [3.8, 4) is 11.3 Å². The van der Waals surface area contributed by atoms with Gasteiger partial charge in [-0.15, -0.1) is 5.10 Å². The summed E-state index contributed by atoms with van der Waals surface area (Å²) in [5, 5.41) is 36.3. The molecule has 12 nitrogen and oxygen atoms in total. The molecular weight excluding hydrogens is 599 g/mol. The van der Waals surface area contributed by atoms with Crippen molar-refractivity contribution in [2.75, 3.05) is 13.7 Å². The van der Waals surface area contributed by atoms with E-state index in [4.69, 9.17) is 18.7 Å². The first-order chi connectivity index (χ1) is 21.4. The van der Waals surface area contributed by atoms with Gasteiger partial charge in [-0.25, -0.2) is 22.6 Å². The Labute approximate surface area is 257 Å². The highest BCUT2D eigenvalue weighted by molar-refractivity contribution is 5.68. The predicted octanol–water partition coefficient (Wildman–Crippen LogP) is 3.82. The highest BCUT2D eigenvalue weighted by Gasteiger charge is 2.47. The van der Waals surface area contributed by atoms with Gasteiger partial charge in [0.2, 0.25) is 0 Å². The number of aliphatic hydroxyl groups excluding tert-OH is 2. The molecule has 1 aliphatic heterocycles. The average Bonchev–Trinajstić information content (AvgIpc) is 3.66. The molecule has 2 fully saturated rings. The minimum Gasteiger partial charge on any atom is -0.444 e. The summed E-state index contributed by atoms with van der Waals surface area (Å²) in [6.07, 6.45) is 0.383. The number of nitrogens with zero attached hydrogens (tertiary/aromatic N) is 4. The second-order valence-electron chi connectivity index (χ2n) is 12.5. The fraction of sp³-hybridized carbons (Fsp3) is 0.600. The maximum absolute atomic E-state index is 13.8. The zero-order valence-electron chi connectivity index (χ0n) is 25.5. The number of carbonyl (C=O) groups excluding carboxylic acids is 1. The lowest BCUT2D eigenvalue weighted by molar-refractivity contribution is -0.212. The van der Waals surface area contributed by atoms with Gasteiger partial charge in [-0.1, -0.05) is 10.4 Å². The first-order valence-electron chi connectivity index (χ1n) is 14.9. The summed E-state index contributed by atoms with van der Waals surface area (Å²) in [5.41, 5.74) is 0.198. The van der Waals surface area contributed by atoms with Gasteiger partial charge in [0.15, 0.2) is 17.5 Å². The molecule has 0 radical (unpaired) electrons. The minimum absolute atomic E-state index is 0.0118. The van der Waals surface area contributed by atoms with Crippen LogP contribution in [0.25, 0.3) is 11.3 Å². The van der Waals surface area contributed by atoms with Crippen molar-refractivity contribution in [3.63, 3.8) is 0 Å². The number of rotatable bonds is 8. The SMILES string of the molecule is CO[C@@H]1[C@@H](n2cc(-c3cc(F)c(F)c(F)c3)nn2)[C@@H](O)[C@@H](CO)O[C@@H]1Cc1cc(C2CCC(NC(=O)OC(C)(C)C)CC2)no1. The van der Waals surface area contributed by atoms with Gasteiger partial charge in [0.05, 0.1) is 24.6 Å². The average molecular weight is 638 g/mol. The number of hydrogen-bond acceptors (Lipinski definition) is 10. The molecule has 1 aliphatic carbocycles. The molecule has 15 heteroatoms. The van der Waals surface area contributed by atoms with Crippen LogP contribution in [0.3, 0.4) is 0 Å². The molecule has 45 heavy (non-hydrogen) atoms. The quantitative estimate of drug-likeness (QED) is 0.311. The van der Waals surface area contributed by atoms with Crippen LogP contribution in [0.1, 0.15) is 69.9 Å². The predicted molar refractivity (Wildman–Crippen MR) is 151 cm³/mol. The molecule has 2 aromatic heterocycles. The van der Waals surface area contributed by atoms with Crippen molar-refractivity contribution in [2.45, 2.75) is 101 Å². The number of carbonyl (C=O) groups is 1. The Kier molecular flexibility index (Phi) is 9.82. The van der Waals surface area contributed by atoms with Crippen molar-refractivity contribution >= 4 is 6.09 Å². The Morgan fingerprint density at radius 1 is 1.11 bits per heavy atom. The van der Waals surface area contributed by atoms with E-state index >= 15 is 0 Å². The third-order valence-corrected chi connectivity index (χ3v) is 8.18. The van der Waals surface area contributed by atoms with Gasteiger partial charge in [-0.3, -0.25) is 0 Å². The van der Waals surface area contributed by atoms with Crippen LogP contribution < -0.4 is 5.32 Å². The summed E-state index contributed by atoms with van der Waals surface area (Å²) >= 11 is 0. The van der Waals surface area contributed by atoms with Gasteiger partial charge in [-0.05, 0) is 58.6 Å². The van der Waals surface area contributed by atoms with Crippen LogP contribution >= 0.6 is 0 Å². The Hall–Kier alpha value is -3.53. The fourth-order valence-electron chi connectivity index (χ4n) is 6.01.